The third-order valence-corrected chi connectivity index (χ3v) is 8.23. The molecule has 0 aliphatic heterocycles. The number of carbonyl (C=O) groups is 2. The lowest BCUT2D eigenvalue weighted by Gasteiger charge is -2.42. The average Bonchev–Trinajstić information content (AvgIpc) is 3.69. The number of nitrogens with zero attached hydrogens (tertiary/aromatic N) is 1. The number of benzene rings is 1. The number of carbonyl (C=O) groups excluding carboxylic acids is 2. The van der Waals surface area contributed by atoms with Crippen LogP contribution >= 0.6 is 11.6 Å². The SMILES string of the molecule is CC(C)CC1CC(C(N)CNC(=O)C2(c3ccc(F)cc3Cl)CC2)CC(C)(C=O)C1.CNc1ccncc1. The van der Waals surface area contributed by atoms with E-state index < -0.39 is 11.2 Å². The van der Waals surface area contributed by atoms with E-state index >= 15 is 0 Å². The van der Waals surface area contributed by atoms with Crippen LogP contribution in [0.4, 0.5) is 10.1 Å². The van der Waals surface area contributed by atoms with Crippen molar-refractivity contribution < 1.29 is 14.0 Å². The highest BCUT2D eigenvalue weighted by molar-refractivity contribution is 6.31. The third kappa shape index (κ3) is 7.76. The van der Waals surface area contributed by atoms with E-state index in [1.807, 2.05) is 26.1 Å². The van der Waals surface area contributed by atoms with Gasteiger partial charge in [0.1, 0.15) is 12.1 Å². The molecule has 2 aliphatic carbocycles. The van der Waals surface area contributed by atoms with Crippen molar-refractivity contribution in [3.05, 3.63) is 59.1 Å². The second-order valence-corrected chi connectivity index (χ2v) is 12.1. The fraction of sp³-hybridized carbons (Fsp3) is 0.567. The zero-order valence-electron chi connectivity index (χ0n) is 23.0. The lowest BCUT2D eigenvalue weighted by Crippen LogP contribution is -2.48. The molecule has 0 bridgehead atoms. The second kappa shape index (κ2) is 13.0. The molecule has 6 nitrogen and oxygen atoms in total. The van der Waals surface area contributed by atoms with Gasteiger partial charge in [0.2, 0.25) is 5.91 Å². The summed E-state index contributed by atoms with van der Waals surface area (Å²) in [6, 6.07) is 7.84. The Morgan fingerprint density at radius 1 is 1.24 bits per heavy atom. The summed E-state index contributed by atoms with van der Waals surface area (Å²) >= 11 is 6.21. The van der Waals surface area contributed by atoms with Crippen LogP contribution in [0.25, 0.3) is 0 Å². The molecular weight excluding hydrogens is 503 g/mol. The van der Waals surface area contributed by atoms with Crippen LogP contribution in [0.3, 0.4) is 0 Å². The molecule has 4 unspecified atom stereocenters. The quantitative estimate of drug-likeness (QED) is 0.349. The lowest BCUT2D eigenvalue weighted by molar-refractivity contribution is -0.124. The molecule has 2 saturated carbocycles. The molecule has 1 aromatic heterocycles. The molecule has 1 heterocycles. The first kappa shape index (κ1) is 30.0. The number of amides is 1. The summed E-state index contributed by atoms with van der Waals surface area (Å²) in [4.78, 5) is 28.6. The van der Waals surface area contributed by atoms with Gasteiger partial charge in [-0.05, 0) is 86.1 Å². The number of rotatable bonds is 9. The molecule has 4 rings (SSSR count). The summed E-state index contributed by atoms with van der Waals surface area (Å²) < 4.78 is 13.4. The minimum Gasteiger partial charge on any atom is -0.388 e. The van der Waals surface area contributed by atoms with E-state index in [1.165, 1.54) is 12.1 Å². The Balaban J connectivity index is 0.000000427. The predicted octanol–water partition coefficient (Wildman–Crippen LogP) is 5.75. The Kier molecular flexibility index (Phi) is 10.3. The standard InChI is InChI=1S/C24H34ClFN2O2.C6H8N2/c1-15(2)8-16-9-17(12-23(3,11-16)14-29)21(27)13-28-22(30)24(6-7-24)19-5-4-18(26)10-20(19)25;1-7-6-2-4-8-5-3-6/h4-5,10,14-17,21H,6-9,11-13,27H2,1-3H3,(H,28,30);2-5H,1H3,(H,7,8). The van der Waals surface area contributed by atoms with Gasteiger partial charge in [-0.25, -0.2) is 4.39 Å². The molecule has 38 heavy (non-hydrogen) atoms. The number of nitrogens with one attached hydrogen (secondary N) is 2. The number of aromatic nitrogens is 1. The van der Waals surface area contributed by atoms with E-state index in [1.54, 1.807) is 18.5 Å². The molecule has 2 fully saturated rings. The Bertz CT molecular complexity index is 1080. The van der Waals surface area contributed by atoms with E-state index in [4.69, 9.17) is 17.3 Å². The summed E-state index contributed by atoms with van der Waals surface area (Å²) in [7, 11) is 1.88. The van der Waals surface area contributed by atoms with Crippen LogP contribution in [0.15, 0.2) is 42.7 Å². The van der Waals surface area contributed by atoms with E-state index in [2.05, 4.69) is 29.5 Å². The lowest BCUT2D eigenvalue weighted by atomic mass is 9.64. The summed E-state index contributed by atoms with van der Waals surface area (Å²) in [6.45, 7) is 6.81. The van der Waals surface area contributed by atoms with Crippen molar-refractivity contribution in [2.45, 2.75) is 70.8 Å². The summed E-state index contributed by atoms with van der Waals surface area (Å²) in [6.07, 6.45) is 9.75. The van der Waals surface area contributed by atoms with Crippen LogP contribution in [0.1, 0.15) is 64.9 Å². The Labute approximate surface area is 231 Å². The molecule has 208 valence electrons. The molecule has 0 saturated heterocycles. The van der Waals surface area contributed by atoms with Gasteiger partial charge in [0.15, 0.2) is 0 Å². The first-order chi connectivity index (χ1) is 18.0. The smallest absolute Gasteiger partial charge is 0.230 e. The molecule has 2 aliphatic rings. The van der Waals surface area contributed by atoms with Crippen molar-refractivity contribution in [2.24, 2.45) is 28.9 Å². The highest BCUT2D eigenvalue weighted by Gasteiger charge is 2.52. The number of pyridine rings is 1. The minimum atomic E-state index is -0.672. The first-order valence-corrected chi connectivity index (χ1v) is 13.9. The van der Waals surface area contributed by atoms with Gasteiger partial charge in [0, 0.05) is 48.2 Å². The van der Waals surface area contributed by atoms with Gasteiger partial charge in [-0.15, -0.1) is 0 Å². The van der Waals surface area contributed by atoms with Crippen molar-refractivity contribution >= 4 is 29.5 Å². The summed E-state index contributed by atoms with van der Waals surface area (Å²) in [5.41, 5.74) is 7.27. The Morgan fingerprint density at radius 3 is 2.45 bits per heavy atom. The van der Waals surface area contributed by atoms with Crippen LogP contribution in [0.5, 0.6) is 0 Å². The van der Waals surface area contributed by atoms with E-state index in [0.29, 0.717) is 36.8 Å². The Hall–Kier alpha value is -2.51. The van der Waals surface area contributed by atoms with Gasteiger partial charge >= 0.3 is 0 Å². The zero-order valence-corrected chi connectivity index (χ0v) is 23.7. The largest absolute Gasteiger partial charge is 0.388 e. The van der Waals surface area contributed by atoms with Crippen LogP contribution in [-0.4, -0.2) is 36.8 Å². The van der Waals surface area contributed by atoms with Gasteiger partial charge in [0.05, 0.1) is 5.41 Å². The van der Waals surface area contributed by atoms with Crippen molar-refractivity contribution in [2.75, 3.05) is 18.9 Å². The number of anilines is 1. The van der Waals surface area contributed by atoms with Gasteiger partial charge in [-0.2, -0.15) is 0 Å². The number of hydrogen-bond donors (Lipinski definition) is 3. The second-order valence-electron chi connectivity index (χ2n) is 11.7. The molecule has 4 atom stereocenters. The van der Waals surface area contributed by atoms with Crippen LogP contribution in [0, 0.1) is 29.0 Å². The molecule has 0 spiro atoms. The van der Waals surface area contributed by atoms with Crippen LogP contribution in [-0.2, 0) is 15.0 Å². The van der Waals surface area contributed by atoms with Crippen molar-refractivity contribution in [1.29, 1.82) is 0 Å². The van der Waals surface area contributed by atoms with Crippen molar-refractivity contribution in [3.63, 3.8) is 0 Å². The normalized spacial score (nSPS) is 24.5. The van der Waals surface area contributed by atoms with Crippen molar-refractivity contribution in [3.8, 4) is 0 Å². The number of halogens is 2. The van der Waals surface area contributed by atoms with Crippen LogP contribution in [0.2, 0.25) is 5.02 Å². The van der Waals surface area contributed by atoms with Gasteiger partial charge in [-0.3, -0.25) is 9.78 Å². The summed E-state index contributed by atoms with van der Waals surface area (Å²) in [5.74, 6) is 0.749. The molecular formula is C30H42ClFN4O2. The van der Waals surface area contributed by atoms with E-state index in [-0.39, 0.29) is 28.3 Å². The van der Waals surface area contributed by atoms with Gasteiger partial charge < -0.3 is 21.2 Å². The molecule has 4 N–H and O–H groups in total. The first-order valence-electron chi connectivity index (χ1n) is 13.6. The molecule has 8 heteroatoms. The number of nitrogens with two attached hydrogens (primary N) is 1. The maximum atomic E-state index is 13.4. The maximum Gasteiger partial charge on any atom is 0.230 e. The Morgan fingerprint density at radius 2 is 1.92 bits per heavy atom. The fourth-order valence-corrected chi connectivity index (χ4v) is 6.24. The van der Waals surface area contributed by atoms with Crippen LogP contribution < -0.4 is 16.4 Å². The van der Waals surface area contributed by atoms with Gasteiger partial charge in [0.25, 0.3) is 0 Å². The van der Waals surface area contributed by atoms with Gasteiger partial charge in [-0.1, -0.05) is 38.4 Å². The minimum absolute atomic E-state index is 0.0980. The van der Waals surface area contributed by atoms with E-state index in [9.17, 15) is 14.0 Å². The molecule has 2 aromatic rings. The van der Waals surface area contributed by atoms with Crippen molar-refractivity contribution in [1.82, 2.24) is 10.3 Å². The molecule has 1 aromatic carbocycles. The topological polar surface area (TPSA) is 97.1 Å². The third-order valence-electron chi connectivity index (χ3n) is 7.91. The fourth-order valence-electron chi connectivity index (χ4n) is 5.89. The highest BCUT2D eigenvalue weighted by atomic mass is 35.5. The molecule has 1 amide bonds. The van der Waals surface area contributed by atoms with E-state index in [0.717, 1.165) is 37.7 Å². The average molecular weight is 545 g/mol. The monoisotopic (exact) mass is 544 g/mol. The summed E-state index contributed by atoms with van der Waals surface area (Å²) in [5, 5.41) is 6.30. The number of aldehydes is 1. The predicted molar refractivity (Wildman–Crippen MR) is 152 cm³/mol. The maximum absolute atomic E-state index is 13.4. The zero-order chi connectivity index (χ0) is 27.9. The molecule has 0 radical (unpaired) electrons. The highest BCUT2D eigenvalue weighted by Crippen LogP contribution is 2.51. The number of hydrogen-bond acceptors (Lipinski definition) is 5.